The zero-order valence-corrected chi connectivity index (χ0v) is 21.0. The number of aryl methyl sites for hydroxylation is 3. The summed E-state index contributed by atoms with van der Waals surface area (Å²) in [5.41, 5.74) is 3.77. The molecule has 0 fully saturated rings. The van der Waals surface area contributed by atoms with Crippen LogP contribution in [0.1, 0.15) is 27.0 Å². The summed E-state index contributed by atoms with van der Waals surface area (Å²) in [7, 11) is -3.91. The third kappa shape index (κ3) is 5.27. The minimum atomic E-state index is -3.91. The van der Waals surface area contributed by atoms with Gasteiger partial charge in [-0.15, -0.1) is 10.2 Å². The molecule has 2 N–H and O–H groups in total. The number of rotatable bonds is 6. The Kier molecular flexibility index (Phi) is 6.70. The molecule has 0 atom stereocenters. The predicted molar refractivity (Wildman–Crippen MR) is 136 cm³/mol. The van der Waals surface area contributed by atoms with Crippen molar-refractivity contribution in [3.05, 3.63) is 87.9 Å². The summed E-state index contributed by atoms with van der Waals surface area (Å²) in [6.45, 7) is 5.40. The van der Waals surface area contributed by atoms with E-state index in [1.165, 1.54) is 17.4 Å². The molecule has 0 aliphatic rings. The monoisotopic (exact) mass is 512 g/mol. The Morgan fingerprint density at radius 2 is 1.62 bits per heavy atom. The van der Waals surface area contributed by atoms with Crippen molar-refractivity contribution in [3.63, 3.8) is 0 Å². The number of benzene rings is 3. The lowest BCUT2D eigenvalue weighted by Gasteiger charge is -2.14. The van der Waals surface area contributed by atoms with Crippen molar-refractivity contribution >= 4 is 49.7 Å². The molecule has 34 heavy (non-hydrogen) atoms. The molecule has 4 rings (SSSR count). The van der Waals surface area contributed by atoms with Crippen molar-refractivity contribution in [3.8, 4) is 10.6 Å². The molecule has 7 nitrogen and oxygen atoms in total. The lowest BCUT2D eigenvalue weighted by molar-refractivity contribution is 0.102. The highest BCUT2D eigenvalue weighted by Crippen LogP contribution is 2.28. The maximum atomic E-state index is 13.1. The first-order valence-corrected chi connectivity index (χ1v) is 12.9. The number of nitrogens with one attached hydrogen (secondary N) is 2. The van der Waals surface area contributed by atoms with E-state index < -0.39 is 15.9 Å². The molecule has 1 aromatic heterocycles. The van der Waals surface area contributed by atoms with Crippen molar-refractivity contribution < 1.29 is 13.2 Å². The normalized spacial score (nSPS) is 11.3. The van der Waals surface area contributed by atoms with Gasteiger partial charge >= 0.3 is 0 Å². The Morgan fingerprint density at radius 1 is 0.912 bits per heavy atom. The maximum Gasteiger partial charge on any atom is 0.262 e. The van der Waals surface area contributed by atoms with Gasteiger partial charge in [-0.2, -0.15) is 0 Å². The van der Waals surface area contributed by atoms with Gasteiger partial charge in [0.2, 0.25) is 5.13 Å². The molecule has 0 bridgehead atoms. The lowest BCUT2D eigenvalue weighted by atomic mass is 10.1. The number of nitrogens with zero attached hydrogens (tertiary/aromatic N) is 2. The van der Waals surface area contributed by atoms with Crippen molar-refractivity contribution in [1.82, 2.24) is 10.2 Å². The van der Waals surface area contributed by atoms with Crippen LogP contribution in [0, 0.1) is 20.8 Å². The zero-order valence-electron chi connectivity index (χ0n) is 18.6. The SMILES string of the molecule is Cc1ccc(C)c(NS(=O)(=O)c2cc(C(=O)Nc3nnc(-c4ccc(Cl)cc4)s3)ccc2C)c1. The quantitative estimate of drug-likeness (QED) is 0.338. The van der Waals surface area contributed by atoms with Crippen LogP contribution in [0.3, 0.4) is 0 Å². The molecule has 0 saturated heterocycles. The number of carbonyl (C=O) groups is 1. The van der Waals surface area contributed by atoms with Gasteiger partial charge in [0.05, 0.1) is 10.6 Å². The largest absolute Gasteiger partial charge is 0.296 e. The van der Waals surface area contributed by atoms with Crippen molar-refractivity contribution in [2.75, 3.05) is 10.0 Å². The molecule has 10 heteroatoms. The summed E-state index contributed by atoms with van der Waals surface area (Å²) in [6, 6.07) is 17.2. The van der Waals surface area contributed by atoms with E-state index in [-0.39, 0.29) is 10.5 Å². The highest BCUT2D eigenvalue weighted by atomic mass is 35.5. The molecule has 0 radical (unpaired) electrons. The first-order chi connectivity index (χ1) is 16.1. The maximum absolute atomic E-state index is 13.1. The van der Waals surface area contributed by atoms with E-state index in [0.717, 1.165) is 16.7 Å². The number of anilines is 2. The predicted octanol–water partition coefficient (Wildman–Crippen LogP) is 5.84. The number of carbonyl (C=O) groups excluding carboxylic acids is 1. The van der Waals surface area contributed by atoms with Crippen molar-refractivity contribution in [1.29, 1.82) is 0 Å². The lowest BCUT2D eigenvalue weighted by Crippen LogP contribution is -2.17. The van der Waals surface area contributed by atoms with Crippen molar-refractivity contribution in [2.45, 2.75) is 25.7 Å². The highest BCUT2D eigenvalue weighted by molar-refractivity contribution is 7.92. The van der Waals surface area contributed by atoms with E-state index >= 15 is 0 Å². The number of hydrogen-bond acceptors (Lipinski definition) is 6. The molecule has 0 unspecified atom stereocenters. The van der Waals surface area contributed by atoms with Gasteiger partial charge in [-0.1, -0.05) is 53.3 Å². The van der Waals surface area contributed by atoms with Gasteiger partial charge in [0.1, 0.15) is 5.01 Å². The Bertz CT molecular complexity index is 1480. The van der Waals surface area contributed by atoms with Gasteiger partial charge in [0.15, 0.2) is 0 Å². The van der Waals surface area contributed by atoms with Crippen LogP contribution >= 0.6 is 22.9 Å². The second kappa shape index (κ2) is 9.54. The molecule has 3 aromatic carbocycles. The van der Waals surface area contributed by atoms with Gasteiger partial charge in [-0.25, -0.2) is 8.42 Å². The molecule has 0 spiro atoms. The Balaban J connectivity index is 1.56. The summed E-state index contributed by atoms with van der Waals surface area (Å²) in [4.78, 5) is 12.9. The minimum absolute atomic E-state index is 0.0279. The third-order valence-corrected chi connectivity index (χ3v) is 7.76. The van der Waals surface area contributed by atoms with E-state index in [9.17, 15) is 13.2 Å². The molecule has 0 saturated carbocycles. The van der Waals surface area contributed by atoms with E-state index in [1.54, 1.807) is 37.3 Å². The van der Waals surface area contributed by atoms with Crippen LogP contribution in [0.15, 0.2) is 65.6 Å². The Hall–Kier alpha value is -3.27. The van der Waals surface area contributed by atoms with Crippen LogP contribution in [-0.4, -0.2) is 24.5 Å². The second-order valence-corrected chi connectivity index (χ2v) is 10.8. The molecule has 0 aliphatic carbocycles. The van der Waals surface area contributed by atoms with E-state index in [2.05, 4.69) is 20.2 Å². The van der Waals surface area contributed by atoms with Gasteiger partial charge in [0, 0.05) is 16.1 Å². The summed E-state index contributed by atoms with van der Waals surface area (Å²) in [5, 5.41) is 12.3. The topological polar surface area (TPSA) is 101 Å². The Labute approximate surface area is 206 Å². The number of hydrogen-bond donors (Lipinski definition) is 2. The van der Waals surface area contributed by atoms with Crippen LogP contribution in [0.5, 0.6) is 0 Å². The van der Waals surface area contributed by atoms with Crippen LogP contribution < -0.4 is 10.0 Å². The molecule has 174 valence electrons. The van der Waals surface area contributed by atoms with Crippen LogP contribution in [0.25, 0.3) is 10.6 Å². The van der Waals surface area contributed by atoms with Crippen LogP contribution in [0.2, 0.25) is 5.02 Å². The smallest absolute Gasteiger partial charge is 0.262 e. The second-order valence-electron chi connectivity index (χ2n) is 7.78. The van der Waals surface area contributed by atoms with Gasteiger partial charge in [-0.05, 0) is 67.8 Å². The summed E-state index contributed by atoms with van der Waals surface area (Å²) >= 11 is 7.12. The number of aromatic nitrogens is 2. The average Bonchev–Trinajstić information content (AvgIpc) is 3.25. The molecule has 1 heterocycles. The molecule has 0 aliphatic heterocycles. The first-order valence-electron chi connectivity index (χ1n) is 10.2. The zero-order chi connectivity index (χ0) is 24.5. The fraction of sp³-hybridized carbons (Fsp3) is 0.125. The van der Waals surface area contributed by atoms with E-state index in [0.29, 0.717) is 26.4 Å². The molecular weight excluding hydrogens is 492 g/mol. The standard InChI is InChI=1S/C24H21ClN4O3S2/c1-14-4-5-15(2)20(12-14)29-34(31,32)21-13-18(7-6-16(21)3)22(30)26-24-28-27-23(33-24)17-8-10-19(25)11-9-17/h4-13,29H,1-3H3,(H,26,28,30). The van der Waals surface area contributed by atoms with Gasteiger partial charge in [-0.3, -0.25) is 14.8 Å². The molecule has 4 aromatic rings. The first kappa shape index (κ1) is 23.9. The summed E-state index contributed by atoms with van der Waals surface area (Å²) in [6.07, 6.45) is 0. The number of sulfonamides is 1. The highest BCUT2D eigenvalue weighted by Gasteiger charge is 2.21. The summed E-state index contributed by atoms with van der Waals surface area (Å²) < 4.78 is 28.9. The van der Waals surface area contributed by atoms with E-state index in [1.807, 2.05) is 38.1 Å². The molecular formula is C24H21ClN4O3S2. The molecule has 1 amide bonds. The van der Waals surface area contributed by atoms with E-state index in [4.69, 9.17) is 11.6 Å². The fourth-order valence-corrected chi connectivity index (χ4v) is 5.49. The summed E-state index contributed by atoms with van der Waals surface area (Å²) in [5.74, 6) is -0.484. The number of amides is 1. The third-order valence-electron chi connectivity index (χ3n) is 5.11. The van der Waals surface area contributed by atoms with Crippen molar-refractivity contribution in [2.24, 2.45) is 0 Å². The Morgan fingerprint density at radius 3 is 2.35 bits per heavy atom. The van der Waals surface area contributed by atoms with Crippen LogP contribution in [-0.2, 0) is 10.0 Å². The number of halogens is 1. The van der Waals surface area contributed by atoms with Crippen LogP contribution in [0.4, 0.5) is 10.8 Å². The fourth-order valence-electron chi connectivity index (χ4n) is 3.23. The van der Waals surface area contributed by atoms with Gasteiger partial charge in [0.25, 0.3) is 15.9 Å². The minimum Gasteiger partial charge on any atom is -0.296 e. The average molecular weight is 513 g/mol. The van der Waals surface area contributed by atoms with Gasteiger partial charge < -0.3 is 0 Å².